The van der Waals surface area contributed by atoms with Gasteiger partial charge >= 0.3 is 0 Å². The van der Waals surface area contributed by atoms with Crippen LogP contribution in [0.25, 0.3) is 0 Å². The molecular weight excluding hydrogens is 198 g/mol. The lowest BCUT2D eigenvalue weighted by atomic mass is 9.68. The molecule has 2 rings (SSSR count). The number of carbonyl (C=O) groups excluding carboxylic acids is 1. The predicted molar refractivity (Wildman–Crippen MR) is 65.5 cm³/mol. The maximum Gasteiger partial charge on any atom is 0.141 e. The summed E-state index contributed by atoms with van der Waals surface area (Å²) < 4.78 is 0. The molecule has 1 fully saturated rings. The average Bonchev–Trinajstić information content (AvgIpc) is 2.72. The molecule has 0 amide bonds. The van der Waals surface area contributed by atoms with Crippen LogP contribution in [-0.2, 0) is 4.79 Å². The van der Waals surface area contributed by atoms with Gasteiger partial charge in [0.2, 0.25) is 0 Å². The zero-order valence-corrected chi connectivity index (χ0v) is 9.36. The van der Waals surface area contributed by atoms with Crippen molar-refractivity contribution in [2.24, 2.45) is 17.1 Å². The second-order valence-corrected chi connectivity index (χ2v) is 4.45. The van der Waals surface area contributed by atoms with Gasteiger partial charge in [-0.3, -0.25) is 4.79 Å². The van der Waals surface area contributed by atoms with Gasteiger partial charge in [-0.25, -0.2) is 0 Å². The lowest BCUT2D eigenvalue weighted by Crippen LogP contribution is -2.31. The highest BCUT2D eigenvalue weighted by Crippen LogP contribution is 2.46. The van der Waals surface area contributed by atoms with Gasteiger partial charge in [-0.2, -0.15) is 0 Å². The van der Waals surface area contributed by atoms with Gasteiger partial charge in [-0.15, -0.1) is 6.58 Å². The van der Waals surface area contributed by atoms with E-state index in [9.17, 15) is 4.79 Å². The summed E-state index contributed by atoms with van der Waals surface area (Å²) in [4.78, 5) is 12.0. The SMILES string of the molecule is C=CC1([C@@H]2C(=O)CCC2=CN)C=CC=CC1. The largest absolute Gasteiger partial charge is 0.405 e. The summed E-state index contributed by atoms with van der Waals surface area (Å²) in [6.07, 6.45) is 13.9. The molecule has 0 heterocycles. The third-order valence-electron chi connectivity index (χ3n) is 3.61. The zero-order valence-electron chi connectivity index (χ0n) is 9.36. The smallest absolute Gasteiger partial charge is 0.141 e. The molecule has 2 heteroatoms. The van der Waals surface area contributed by atoms with Crippen LogP contribution < -0.4 is 5.73 Å². The molecule has 2 nitrogen and oxygen atoms in total. The van der Waals surface area contributed by atoms with Gasteiger partial charge in [-0.05, 0) is 24.6 Å². The van der Waals surface area contributed by atoms with Crippen molar-refractivity contribution in [2.45, 2.75) is 19.3 Å². The van der Waals surface area contributed by atoms with E-state index >= 15 is 0 Å². The molecule has 0 bridgehead atoms. The Morgan fingerprint density at radius 3 is 2.81 bits per heavy atom. The fourth-order valence-corrected chi connectivity index (χ4v) is 2.72. The van der Waals surface area contributed by atoms with Crippen molar-refractivity contribution in [1.29, 1.82) is 0 Å². The van der Waals surface area contributed by atoms with Gasteiger partial charge in [0.15, 0.2) is 0 Å². The predicted octanol–water partition coefficient (Wildman–Crippen LogP) is 2.50. The van der Waals surface area contributed by atoms with E-state index in [0.717, 1.165) is 18.4 Å². The molecule has 2 atom stereocenters. The minimum absolute atomic E-state index is 0.101. The number of rotatable bonds is 2. The normalized spacial score (nSPS) is 35.9. The molecular formula is C14H17NO. The van der Waals surface area contributed by atoms with E-state index < -0.39 is 0 Å². The van der Waals surface area contributed by atoms with E-state index in [-0.39, 0.29) is 17.1 Å². The maximum absolute atomic E-state index is 12.0. The number of carbonyl (C=O) groups is 1. The molecule has 84 valence electrons. The van der Waals surface area contributed by atoms with Crippen LogP contribution in [0.3, 0.4) is 0 Å². The van der Waals surface area contributed by atoms with Crippen LogP contribution in [0.4, 0.5) is 0 Å². The Labute approximate surface area is 96.2 Å². The molecule has 1 unspecified atom stereocenters. The highest BCUT2D eigenvalue weighted by molar-refractivity contribution is 5.88. The Hall–Kier alpha value is -1.57. The third-order valence-corrected chi connectivity index (χ3v) is 3.61. The first-order valence-electron chi connectivity index (χ1n) is 5.65. The molecule has 0 aliphatic heterocycles. The first kappa shape index (κ1) is 10.9. The van der Waals surface area contributed by atoms with Gasteiger partial charge in [0.25, 0.3) is 0 Å². The Morgan fingerprint density at radius 2 is 2.25 bits per heavy atom. The van der Waals surface area contributed by atoms with Crippen LogP contribution in [0, 0.1) is 11.3 Å². The van der Waals surface area contributed by atoms with Gasteiger partial charge in [-0.1, -0.05) is 30.4 Å². The van der Waals surface area contributed by atoms with Crippen molar-refractivity contribution in [1.82, 2.24) is 0 Å². The van der Waals surface area contributed by atoms with Crippen LogP contribution in [-0.4, -0.2) is 5.78 Å². The summed E-state index contributed by atoms with van der Waals surface area (Å²) in [5.41, 5.74) is 6.42. The van der Waals surface area contributed by atoms with E-state index in [2.05, 4.69) is 18.7 Å². The van der Waals surface area contributed by atoms with Crippen LogP contribution >= 0.6 is 0 Å². The molecule has 1 saturated carbocycles. The molecule has 2 N–H and O–H groups in total. The minimum Gasteiger partial charge on any atom is -0.405 e. The van der Waals surface area contributed by atoms with Crippen molar-refractivity contribution in [3.8, 4) is 0 Å². The molecule has 16 heavy (non-hydrogen) atoms. The average molecular weight is 215 g/mol. The Kier molecular flexibility index (Phi) is 2.82. The molecule has 0 radical (unpaired) electrons. The molecule has 0 spiro atoms. The van der Waals surface area contributed by atoms with E-state index in [1.54, 1.807) is 6.20 Å². The van der Waals surface area contributed by atoms with Crippen LogP contribution in [0.5, 0.6) is 0 Å². The van der Waals surface area contributed by atoms with Crippen LogP contribution in [0.15, 0.2) is 48.7 Å². The molecule has 0 aromatic rings. The number of nitrogens with two attached hydrogens (primary N) is 1. The summed E-state index contributed by atoms with van der Waals surface area (Å²) in [6.45, 7) is 3.90. The van der Waals surface area contributed by atoms with Crippen LogP contribution in [0.1, 0.15) is 19.3 Å². The molecule has 2 aliphatic rings. The molecule has 0 aromatic carbocycles. The van der Waals surface area contributed by atoms with E-state index in [1.165, 1.54) is 0 Å². The summed E-state index contributed by atoms with van der Waals surface area (Å²) in [5.74, 6) is 0.188. The fraction of sp³-hybridized carbons (Fsp3) is 0.357. The number of Topliss-reactive ketones (excluding diaryl/α,β-unsaturated/α-hetero) is 1. The van der Waals surface area contributed by atoms with Crippen LogP contribution in [0.2, 0.25) is 0 Å². The molecule has 0 saturated heterocycles. The van der Waals surface area contributed by atoms with Crippen molar-refractivity contribution >= 4 is 5.78 Å². The second kappa shape index (κ2) is 4.12. The standard InChI is InChI=1S/C14H17NO/c1-2-14(8-4-3-5-9-14)13-11(10-15)6-7-12(13)16/h2-5,8,10,13H,1,6-7,9,15H2/t13-,14?/m0/s1. The Morgan fingerprint density at radius 1 is 1.44 bits per heavy atom. The number of hydrogen-bond donors (Lipinski definition) is 1. The minimum atomic E-state index is -0.256. The summed E-state index contributed by atoms with van der Waals surface area (Å²) in [7, 11) is 0. The summed E-state index contributed by atoms with van der Waals surface area (Å²) in [5, 5.41) is 0. The quantitative estimate of drug-likeness (QED) is 0.719. The highest BCUT2D eigenvalue weighted by Gasteiger charge is 2.43. The topological polar surface area (TPSA) is 43.1 Å². The van der Waals surface area contributed by atoms with E-state index in [4.69, 9.17) is 5.73 Å². The molecule has 0 aromatic heterocycles. The highest BCUT2D eigenvalue weighted by atomic mass is 16.1. The van der Waals surface area contributed by atoms with Crippen molar-refractivity contribution in [3.63, 3.8) is 0 Å². The lowest BCUT2D eigenvalue weighted by molar-refractivity contribution is -0.121. The van der Waals surface area contributed by atoms with Crippen molar-refractivity contribution < 1.29 is 4.79 Å². The van der Waals surface area contributed by atoms with Gasteiger partial charge in [0.1, 0.15) is 5.78 Å². The van der Waals surface area contributed by atoms with E-state index in [0.29, 0.717) is 6.42 Å². The Bertz CT molecular complexity index is 403. The number of ketones is 1. The monoisotopic (exact) mass is 215 g/mol. The number of allylic oxidation sites excluding steroid dienone is 6. The summed E-state index contributed by atoms with van der Waals surface area (Å²) in [6, 6.07) is 0. The van der Waals surface area contributed by atoms with Crippen molar-refractivity contribution in [2.75, 3.05) is 0 Å². The Balaban J connectivity index is 2.41. The fourth-order valence-electron chi connectivity index (χ4n) is 2.72. The first-order valence-corrected chi connectivity index (χ1v) is 5.65. The number of hydrogen-bond acceptors (Lipinski definition) is 2. The molecule has 2 aliphatic carbocycles. The van der Waals surface area contributed by atoms with Gasteiger partial charge in [0, 0.05) is 11.8 Å². The zero-order chi connectivity index (χ0) is 11.6. The summed E-state index contributed by atoms with van der Waals surface area (Å²) >= 11 is 0. The third kappa shape index (κ3) is 1.54. The lowest BCUT2D eigenvalue weighted by Gasteiger charge is -2.34. The van der Waals surface area contributed by atoms with E-state index in [1.807, 2.05) is 18.2 Å². The van der Waals surface area contributed by atoms with Gasteiger partial charge < -0.3 is 5.73 Å². The van der Waals surface area contributed by atoms with Crippen molar-refractivity contribution in [3.05, 3.63) is 48.7 Å². The second-order valence-electron chi connectivity index (χ2n) is 4.45. The first-order chi connectivity index (χ1) is 7.73. The maximum atomic E-state index is 12.0. The van der Waals surface area contributed by atoms with Gasteiger partial charge in [0.05, 0.1) is 5.92 Å².